The number of fused-ring (bicyclic) bond motifs is 1. The van der Waals surface area contributed by atoms with Crippen LogP contribution in [0.15, 0.2) is 46.5 Å². The van der Waals surface area contributed by atoms with E-state index in [1.54, 1.807) is 12.1 Å². The number of aryl methyl sites for hydroxylation is 1. The van der Waals surface area contributed by atoms with Gasteiger partial charge < -0.3 is 9.88 Å². The van der Waals surface area contributed by atoms with Crippen LogP contribution < -0.4 is 10.0 Å². The number of thioether (sulfide) groups is 1. The van der Waals surface area contributed by atoms with Gasteiger partial charge in [0, 0.05) is 24.2 Å². The fourth-order valence-corrected chi connectivity index (χ4v) is 5.55. The molecule has 0 aliphatic rings. The third-order valence-electron chi connectivity index (χ3n) is 5.31. The first-order valence-corrected chi connectivity index (χ1v) is 14.4. The van der Waals surface area contributed by atoms with Crippen molar-refractivity contribution in [3.05, 3.63) is 51.5 Å². The Morgan fingerprint density at radius 2 is 1.92 bits per heavy atom. The number of nitrogens with one attached hydrogen (secondary N) is 2. The topological polar surface area (TPSA) is 136 Å². The Balaban J connectivity index is 1.82. The zero-order valence-corrected chi connectivity index (χ0v) is 22.4. The Labute approximate surface area is 219 Å². The lowest BCUT2D eigenvalue weighted by Crippen LogP contribution is -2.24. The molecule has 1 heterocycles. The van der Waals surface area contributed by atoms with E-state index in [9.17, 15) is 23.3 Å². The van der Waals surface area contributed by atoms with Crippen molar-refractivity contribution in [1.29, 1.82) is 0 Å². The first-order valence-electron chi connectivity index (χ1n) is 11.5. The van der Waals surface area contributed by atoms with Gasteiger partial charge in [-0.25, -0.2) is 18.1 Å². The summed E-state index contributed by atoms with van der Waals surface area (Å²) in [6, 6.07) is 8.76. The van der Waals surface area contributed by atoms with E-state index in [0.29, 0.717) is 23.8 Å². The smallest absolute Gasteiger partial charge is 0.292 e. The number of nitro benzene ring substituents is 1. The molecule has 1 aromatic heterocycles. The molecule has 2 aromatic carbocycles. The van der Waals surface area contributed by atoms with Crippen LogP contribution in [0, 0.1) is 10.1 Å². The lowest BCUT2D eigenvalue weighted by molar-refractivity contribution is -0.383. The van der Waals surface area contributed by atoms with Gasteiger partial charge in [0.05, 0.1) is 26.6 Å². The molecule has 0 spiro atoms. The third-order valence-corrected chi connectivity index (χ3v) is 7.98. The van der Waals surface area contributed by atoms with Crippen molar-refractivity contribution in [1.82, 2.24) is 14.3 Å². The Morgan fingerprint density at radius 3 is 2.61 bits per heavy atom. The summed E-state index contributed by atoms with van der Waals surface area (Å²) in [5.74, 6) is -0.508. The van der Waals surface area contributed by atoms with Crippen LogP contribution in [0.4, 0.5) is 11.4 Å². The number of benzene rings is 2. The first-order chi connectivity index (χ1) is 17.2. The number of halogens is 1. The van der Waals surface area contributed by atoms with E-state index < -0.39 is 20.9 Å². The molecule has 2 N–H and O–H groups in total. The summed E-state index contributed by atoms with van der Waals surface area (Å²) < 4.78 is 29.8. The van der Waals surface area contributed by atoms with Gasteiger partial charge in [-0.2, -0.15) is 0 Å². The molecular formula is C23H28ClN5O5S2. The highest BCUT2D eigenvalue weighted by molar-refractivity contribution is 7.99. The van der Waals surface area contributed by atoms with Crippen LogP contribution in [0.1, 0.15) is 39.5 Å². The maximum Gasteiger partial charge on any atom is 0.292 e. The molecule has 3 rings (SSSR count). The average molecular weight is 554 g/mol. The summed E-state index contributed by atoms with van der Waals surface area (Å²) in [4.78, 5) is 28.0. The minimum atomic E-state index is -3.66. The molecule has 0 saturated carbocycles. The molecule has 0 aliphatic carbocycles. The molecule has 10 nitrogen and oxygen atoms in total. The van der Waals surface area contributed by atoms with Gasteiger partial charge in [0.2, 0.25) is 15.9 Å². The second-order valence-corrected chi connectivity index (χ2v) is 11.2. The first kappa shape index (κ1) is 27.9. The van der Waals surface area contributed by atoms with Crippen molar-refractivity contribution >= 4 is 61.7 Å². The van der Waals surface area contributed by atoms with E-state index in [1.807, 2.05) is 11.5 Å². The van der Waals surface area contributed by atoms with Crippen molar-refractivity contribution < 1.29 is 18.1 Å². The quantitative estimate of drug-likeness (QED) is 0.128. The maximum absolute atomic E-state index is 12.6. The molecule has 3 aromatic rings. The van der Waals surface area contributed by atoms with Crippen molar-refractivity contribution in [2.24, 2.45) is 0 Å². The van der Waals surface area contributed by atoms with Crippen molar-refractivity contribution in [3.63, 3.8) is 0 Å². The summed E-state index contributed by atoms with van der Waals surface area (Å²) >= 11 is 7.10. The monoisotopic (exact) mass is 553 g/mol. The minimum Gasteiger partial charge on any atom is -0.320 e. The van der Waals surface area contributed by atoms with Crippen LogP contribution in [0.25, 0.3) is 11.0 Å². The number of nitro groups is 1. The van der Waals surface area contributed by atoms with E-state index in [2.05, 4.69) is 21.9 Å². The Hall–Kier alpha value is -2.67. The largest absolute Gasteiger partial charge is 0.320 e. The van der Waals surface area contributed by atoms with Gasteiger partial charge in [-0.1, -0.05) is 50.1 Å². The number of rotatable bonds is 13. The van der Waals surface area contributed by atoms with Crippen LogP contribution in [0.3, 0.4) is 0 Å². The maximum atomic E-state index is 12.6. The normalized spacial score (nSPS) is 11.6. The lowest BCUT2D eigenvalue weighted by Gasteiger charge is -2.09. The number of unbranched alkanes of at least 4 members (excludes halogenated alkanes) is 2. The zero-order valence-electron chi connectivity index (χ0n) is 20.0. The van der Waals surface area contributed by atoms with Gasteiger partial charge >= 0.3 is 0 Å². The number of nitrogens with zero attached hydrogens (tertiary/aromatic N) is 3. The van der Waals surface area contributed by atoms with Crippen LogP contribution in [0.2, 0.25) is 5.02 Å². The minimum absolute atomic E-state index is 0.0167. The molecule has 36 heavy (non-hydrogen) atoms. The number of carbonyl (C=O) groups is 1. The molecule has 0 fully saturated rings. The highest BCUT2D eigenvalue weighted by atomic mass is 35.5. The number of hydrogen-bond donors (Lipinski definition) is 2. The van der Waals surface area contributed by atoms with Crippen molar-refractivity contribution in [3.8, 4) is 0 Å². The summed E-state index contributed by atoms with van der Waals surface area (Å²) in [5.41, 5.74) is 1.04. The molecule has 194 valence electrons. The molecule has 0 aliphatic heterocycles. The van der Waals surface area contributed by atoms with Gasteiger partial charge in [0.1, 0.15) is 5.69 Å². The number of imidazole rings is 1. The van der Waals surface area contributed by atoms with Crippen LogP contribution in [-0.4, -0.2) is 41.1 Å². The third kappa shape index (κ3) is 6.96. The second kappa shape index (κ2) is 12.5. The van der Waals surface area contributed by atoms with E-state index in [0.717, 1.165) is 31.2 Å². The Bertz CT molecular complexity index is 1360. The fraction of sp³-hybridized carbons (Fsp3) is 0.391. The van der Waals surface area contributed by atoms with Crippen molar-refractivity contribution in [2.75, 3.05) is 17.6 Å². The van der Waals surface area contributed by atoms with Gasteiger partial charge in [-0.3, -0.25) is 14.9 Å². The fourth-order valence-electron chi connectivity index (χ4n) is 3.45. The highest BCUT2D eigenvalue weighted by Crippen LogP contribution is 2.29. The lowest BCUT2D eigenvalue weighted by atomic mass is 10.2. The molecule has 0 unspecified atom stereocenters. The van der Waals surface area contributed by atoms with E-state index in [-0.39, 0.29) is 27.0 Å². The van der Waals surface area contributed by atoms with Crippen LogP contribution in [-0.2, 0) is 21.4 Å². The predicted molar refractivity (Wildman–Crippen MR) is 142 cm³/mol. The number of amides is 1. The summed E-state index contributed by atoms with van der Waals surface area (Å²) in [5, 5.41) is 14.6. The molecule has 1 amide bonds. The molecule has 0 saturated heterocycles. The van der Waals surface area contributed by atoms with Crippen LogP contribution >= 0.6 is 23.4 Å². The van der Waals surface area contributed by atoms with Gasteiger partial charge in [-0.05, 0) is 43.2 Å². The van der Waals surface area contributed by atoms with Gasteiger partial charge in [-0.15, -0.1) is 0 Å². The zero-order chi connectivity index (χ0) is 26.3. The van der Waals surface area contributed by atoms with E-state index in [4.69, 9.17) is 11.6 Å². The highest BCUT2D eigenvalue weighted by Gasteiger charge is 2.20. The van der Waals surface area contributed by atoms with E-state index >= 15 is 0 Å². The molecule has 13 heteroatoms. The SMILES string of the molecule is CCCCNS(=O)(=O)c1ccc2c(c1)nc(SCC(=O)Nc1cc(Cl)ccc1[N+](=O)[O-])n2CCCC. The summed E-state index contributed by atoms with van der Waals surface area (Å²) in [6.45, 7) is 5.06. The number of sulfonamides is 1. The summed E-state index contributed by atoms with van der Waals surface area (Å²) in [6.07, 6.45) is 3.44. The summed E-state index contributed by atoms with van der Waals surface area (Å²) in [7, 11) is -3.66. The number of aromatic nitrogens is 2. The second-order valence-electron chi connectivity index (χ2n) is 8.06. The number of carbonyl (C=O) groups excluding carboxylic acids is 1. The van der Waals surface area contributed by atoms with Gasteiger partial charge in [0.15, 0.2) is 5.16 Å². The molecule has 0 atom stereocenters. The molecule has 0 radical (unpaired) electrons. The van der Waals surface area contributed by atoms with Crippen LogP contribution in [0.5, 0.6) is 0 Å². The molecular weight excluding hydrogens is 526 g/mol. The molecule has 0 bridgehead atoms. The average Bonchev–Trinajstić information content (AvgIpc) is 3.18. The van der Waals surface area contributed by atoms with Gasteiger partial charge in [0.25, 0.3) is 5.69 Å². The Kier molecular flexibility index (Phi) is 9.71. The Morgan fingerprint density at radius 1 is 1.17 bits per heavy atom. The number of anilines is 1. The van der Waals surface area contributed by atoms with Crippen molar-refractivity contribution in [2.45, 2.75) is 56.1 Å². The predicted octanol–water partition coefficient (Wildman–Crippen LogP) is 5.21. The standard InChI is InChI=1S/C23H28ClN5O5S2/c1-3-5-11-25-36(33,34)17-8-10-20-19(14-17)27-23(28(20)12-6-4-2)35-15-22(30)26-18-13-16(24)7-9-21(18)29(31)32/h7-10,13-14,25H,3-6,11-12,15H2,1-2H3,(H,26,30). The number of hydrogen-bond acceptors (Lipinski definition) is 7. The van der Waals surface area contributed by atoms with E-state index in [1.165, 1.54) is 36.0 Å².